The molecule has 0 saturated heterocycles. The van der Waals surface area contributed by atoms with Crippen LogP contribution in [0.4, 0.5) is 0 Å². The van der Waals surface area contributed by atoms with E-state index in [2.05, 4.69) is 0 Å². The van der Waals surface area contributed by atoms with Crippen LogP contribution in [-0.2, 0) is 9.53 Å². The minimum atomic E-state index is -1.45. The van der Waals surface area contributed by atoms with Crippen molar-refractivity contribution in [2.75, 3.05) is 6.61 Å². The van der Waals surface area contributed by atoms with E-state index in [1.807, 2.05) is 6.92 Å². The van der Waals surface area contributed by atoms with Crippen LogP contribution in [0.15, 0.2) is 0 Å². The van der Waals surface area contributed by atoms with Gasteiger partial charge >= 0.3 is 5.97 Å². The fourth-order valence-electron chi connectivity index (χ4n) is 0.758. The minimum Gasteiger partial charge on any atom is -0.466 e. The van der Waals surface area contributed by atoms with E-state index < -0.39 is 12.2 Å². The van der Waals surface area contributed by atoms with Crippen LogP contribution in [0.2, 0.25) is 0 Å². The van der Waals surface area contributed by atoms with Crippen molar-refractivity contribution in [3.05, 3.63) is 0 Å². The number of unbranched alkanes of at least 4 members (excludes halogenated alkanes) is 1. The zero-order valence-corrected chi connectivity index (χ0v) is 8.19. The van der Waals surface area contributed by atoms with Crippen LogP contribution in [-0.4, -0.2) is 29.1 Å². The summed E-state index contributed by atoms with van der Waals surface area (Å²) in [5.41, 5.74) is 0. The number of hydrogen-bond donors (Lipinski definition) is 2. The van der Waals surface area contributed by atoms with Crippen LogP contribution < -0.4 is 0 Å². The smallest absolute Gasteiger partial charge is 0.306 e. The summed E-state index contributed by atoms with van der Waals surface area (Å²) < 4.78 is 4.84. The van der Waals surface area contributed by atoms with Crippen LogP contribution in [0, 0.1) is 5.92 Å². The predicted molar refractivity (Wildman–Crippen MR) is 47.9 cm³/mol. The van der Waals surface area contributed by atoms with Gasteiger partial charge in [-0.25, -0.2) is 0 Å². The minimum absolute atomic E-state index is 0.0569. The van der Waals surface area contributed by atoms with Gasteiger partial charge < -0.3 is 14.9 Å². The first-order valence-corrected chi connectivity index (χ1v) is 4.59. The molecule has 0 amide bonds. The van der Waals surface area contributed by atoms with Crippen LogP contribution in [0.1, 0.15) is 33.1 Å². The van der Waals surface area contributed by atoms with E-state index in [1.165, 1.54) is 0 Å². The Morgan fingerprint density at radius 1 is 1.46 bits per heavy atom. The van der Waals surface area contributed by atoms with Gasteiger partial charge in [-0.3, -0.25) is 4.79 Å². The maximum absolute atomic E-state index is 11.0. The molecule has 0 spiro atoms. The number of ether oxygens (including phenoxy) is 1. The van der Waals surface area contributed by atoms with E-state index in [1.54, 1.807) is 6.92 Å². The molecule has 0 aliphatic heterocycles. The maximum atomic E-state index is 11.0. The Kier molecular flexibility index (Phi) is 6.54. The summed E-state index contributed by atoms with van der Waals surface area (Å²) in [5.74, 6) is -0.830. The molecule has 13 heavy (non-hydrogen) atoms. The Bertz CT molecular complexity index is 145. The molecule has 78 valence electrons. The molecule has 0 aromatic heterocycles. The van der Waals surface area contributed by atoms with Gasteiger partial charge in [-0.05, 0) is 6.42 Å². The van der Waals surface area contributed by atoms with E-state index in [9.17, 15) is 4.79 Å². The second-order valence-electron chi connectivity index (χ2n) is 3.17. The molecular weight excluding hydrogens is 172 g/mol. The summed E-state index contributed by atoms with van der Waals surface area (Å²) in [4.78, 5) is 11.0. The van der Waals surface area contributed by atoms with Gasteiger partial charge in [0.1, 0.15) is 0 Å². The van der Waals surface area contributed by atoms with Gasteiger partial charge in [0.2, 0.25) is 0 Å². The summed E-state index contributed by atoms with van der Waals surface area (Å²) in [6, 6.07) is 0. The first-order valence-electron chi connectivity index (χ1n) is 4.59. The molecule has 1 atom stereocenters. The lowest BCUT2D eigenvalue weighted by atomic mass is 10.1. The maximum Gasteiger partial charge on any atom is 0.306 e. The Balaban J connectivity index is 3.50. The van der Waals surface area contributed by atoms with Gasteiger partial charge in [0.15, 0.2) is 6.29 Å². The molecule has 0 radical (unpaired) electrons. The monoisotopic (exact) mass is 190 g/mol. The lowest BCUT2D eigenvalue weighted by Crippen LogP contribution is -2.21. The van der Waals surface area contributed by atoms with E-state index >= 15 is 0 Å². The van der Waals surface area contributed by atoms with Crippen LogP contribution in [0.25, 0.3) is 0 Å². The summed E-state index contributed by atoms with van der Waals surface area (Å²) >= 11 is 0. The van der Waals surface area contributed by atoms with Gasteiger partial charge in [-0.2, -0.15) is 0 Å². The lowest BCUT2D eigenvalue weighted by Gasteiger charge is -2.12. The predicted octanol–water partition coefficient (Wildman–Crippen LogP) is 0.667. The molecule has 4 nitrogen and oxygen atoms in total. The van der Waals surface area contributed by atoms with Gasteiger partial charge in [-0.15, -0.1) is 0 Å². The summed E-state index contributed by atoms with van der Waals surface area (Å²) in [5, 5.41) is 17.4. The first-order chi connectivity index (χ1) is 6.07. The largest absolute Gasteiger partial charge is 0.466 e. The molecule has 2 N–H and O–H groups in total. The van der Waals surface area contributed by atoms with Gasteiger partial charge in [0, 0.05) is 5.92 Å². The van der Waals surface area contributed by atoms with E-state index in [4.69, 9.17) is 14.9 Å². The fourth-order valence-corrected chi connectivity index (χ4v) is 0.758. The SMILES string of the molecule is CCCCOC(=O)CC(C)C(O)O. The van der Waals surface area contributed by atoms with E-state index in [0.717, 1.165) is 12.8 Å². The van der Waals surface area contributed by atoms with Crippen LogP contribution in [0.5, 0.6) is 0 Å². The Morgan fingerprint density at radius 3 is 2.54 bits per heavy atom. The highest BCUT2D eigenvalue weighted by Gasteiger charge is 2.15. The topological polar surface area (TPSA) is 66.8 Å². The fraction of sp³-hybridized carbons (Fsp3) is 0.889. The molecule has 0 aromatic rings. The van der Waals surface area contributed by atoms with Crippen LogP contribution >= 0.6 is 0 Å². The third kappa shape index (κ3) is 6.54. The molecule has 0 heterocycles. The van der Waals surface area contributed by atoms with Crippen molar-refractivity contribution in [3.8, 4) is 0 Å². The van der Waals surface area contributed by atoms with Crippen molar-refractivity contribution < 1.29 is 19.7 Å². The van der Waals surface area contributed by atoms with E-state index in [-0.39, 0.29) is 12.4 Å². The highest BCUT2D eigenvalue weighted by atomic mass is 16.5. The zero-order valence-electron chi connectivity index (χ0n) is 8.19. The van der Waals surface area contributed by atoms with Crippen molar-refractivity contribution in [1.29, 1.82) is 0 Å². The molecule has 0 aliphatic carbocycles. The van der Waals surface area contributed by atoms with Crippen molar-refractivity contribution in [1.82, 2.24) is 0 Å². The quantitative estimate of drug-likeness (QED) is 0.367. The Hall–Kier alpha value is -0.610. The number of carbonyl (C=O) groups is 1. The van der Waals surface area contributed by atoms with Crippen molar-refractivity contribution in [3.63, 3.8) is 0 Å². The molecule has 0 rings (SSSR count). The molecule has 4 heteroatoms. The molecular formula is C9H18O4. The third-order valence-electron chi connectivity index (χ3n) is 1.76. The third-order valence-corrected chi connectivity index (χ3v) is 1.76. The van der Waals surface area contributed by atoms with E-state index in [0.29, 0.717) is 6.61 Å². The number of hydrogen-bond acceptors (Lipinski definition) is 4. The second-order valence-corrected chi connectivity index (χ2v) is 3.17. The normalized spacial score (nSPS) is 13.0. The average molecular weight is 190 g/mol. The zero-order chi connectivity index (χ0) is 10.3. The number of aliphatic hydroxyl groups is 2. The molecule has 0 bridgehead atoms. The summed E-state index contributed by atoms with van der Waals surface area (Å²) in [6.07, 6.45) is 0.438. The summed E-state index contributed by atoms with van der Waals surface area (Å²) in [6.45, 7) is 4.02. The van der Waals surface area contributed by atoms with Crippen molar-refractivity contribution in [2.45, 2.75) is 39.4 Å². The number of aliphatic hydroxyl groups excluding tert-OH is 1. The van der Waals surface area contributed by atoms with Crippen molar-refractivity contribution in [2.24, 2.45) is 5.92 Å². The molecule has 0 fully saturated rings. The Labute approximate surface area is 78.5 Å². The highest BCUT2D eigenvalue weighted by molar-refractivity contribution is 5.69. The Morgan fingerprint density at radius 2 is 2.08 bits per heavy atom. The van der Waals surface area contributed by atoms with Crippen molar-refractivity contribution >= 4 is 5.97 Å². The van der Waals surface area contributed by atoms with Crippen LogP contribution in [0.3, 0.4) is 0 Å². The lowest BCUT2D eigenvalue weighted by molar-refractivity contribution is -0.149. The molecule has 1 unspecified atom stereocenters. The number of esters is 1. The highest BCUT2D eigenvalue weighted by Crippen LogP contribution is 2.07. The molecule has 0 saturated carbocycles. The number of rotatable bonds is 6. The standard InChI is InChI=1S/C9H18O4/c1-3-4-5-13-8(10)6-7(2)9(11)12/h7,9,11-12H,3-6H2,1-2H3. The molecule has 0 aliphatic rings. The summed E-state index contributed by atoms with van der Waals surface area (Å²) in [7, 11) is 0. The van der Waals surface area contributed by atoms with Gasteiger partial charge in [0.25, 0.3) is 0 Å². The number of carbonyl (C=O) groups excluding carboxylic acids is 1. The van der Waals surface area contributed by atoms with Gasteiger partial charge in [0.05, 0.1) is 13.0 Å². The molecule has 0 aromatic carbocycles. The average Bonchev–Trinajstić information content (AvgIpc) is 2.04. The first kappa shape index (κ1) is 12.4. The second kappa shape index (κ2) is 6.86. The van der Waals surface area contributed by atoms with Gasteiger partial charge in [-0.1, -0.05) is 20.3 Å².